The van der Waals surface area contributed by atoms with Crippen LogP contribution in [-0.4, -0.2) is 62.4 Å². The van der Waals surface area contributed by atoms with Crippen molar-refractivity contribution < 1.29 is 32.2 Å². The van der Waals surface area contributed by atoms with Gasteiger partial charge in [-0.15, -0.1) is 0 Å². The van der Waals surface area contributed by atoms with Crippen molar-refractivity contribution in [3.63, 3.8) is 0 Å². The average molecular weight is 496 g/mol. The number of anilines is 1. The number of rotatable bonds is 4. The smallest absolute Gasteiger partial charge is 0.416 e. The average Bonchev–Trinajstić information content (AvgIpc) is 3.21. The molecule has 2 saturated heterocycles. The molecule has 0 aromatic heterocycles. The predicted octanol–water partition coefficient (Wildman–Crippen LogP) is 4.96. The Morgan fingerprint density at radius 3 is 2.34 bits per heavy atom. The summed E-state index contributed by atoms with van der Waals surface area (Å²) in [6.07, 6.45) is -4.06. The van der Waals surface area contributed by atoms with Crippen LogP contribution in [0.25, 0.3) is 4.85 Å². The van der Waals surface area contributed by atoms with Crippen LogP contribution in [-0.2, 0) is 20.4 Å². The molecule has 3 rings (SSSR count). The third-order valence-corrected chi connectivity index (χ3v) is 6.55. The van der Waals surface area contributed by atoms with Gasteiger partial charge in [-0.3, -0.25) is 4.79 Å². The van der Waals surface area contributed by atoms with Crippen LogP contribution in [0.2, 0.25) is 0 Å². The first-order valence-corrected chi connectivity index (χ1v) is 11.7. The van der Waals surface area contributed by atoms with Crippen molar-refractivity contribution in [3.05, 3.63) is 40.7 Å². The van der Waals surface area contributed by atoms with E-state index in [1.165, 1.54) is 18.1 Å². The molecule has 2 aliphatic heterocycles. The van der Waals surface area contributed by atoms with Gasteiger partial charge in [0.15, 0.2) is 0 Å². The Morgan fingerprint density at radius 1 is 1.14 bits per heavy atom. The maximum Gasteiger partial charge on any atom is 0.416 e. The number of benzene rings is 1. The monoisotopic (exact) mass is 495 g/mol. The van der Waals surface area contributed by atoms with E-state index in [0.717, 1.165) is 12.1 Å². The Kier molecular flexibility index (Phi) is 7.87. The predicted molar refractivity (Wildman–Crippen MR) is 124 cm³/mol. The highest BCUT2D eigenvalue weighted by atomic mass is 19.4. The fraction of sp³-hybridized carbons (Fsp3) is 0.640. The Bertz CT molecular complexity index is 976. The maximum atomic E-state index is 13.6. The van der Waals surface area contributed by atoms with Gasteiger partial charge in [0.1, 0.15) is 5.60 Å². The van der Waals surface area contributed by atoms with Gasteiger partial charge in [-0.05, 0) is 51.3 Å². The number of likely N-dealkylation sites (tertiary alicyclic amines) is 1. The number of carbonyl (C=O) groups is 2. The van der Waals surface area contributed by atoms with Gasteiger partial charge >= 0.3 is 18.2 Å². The van der Waals surface area contributed by atoms with Gasteiger partial charge in [0.2, 0.25) is 6.54 Å². The molecule has 1 aromatic carbocycles. The zero-order valence-corrected chi connectivity index (χ0v) is 20.5. The van der Waals surface area contributed by atoms with E-state index in [9.17, 15) is 22.8 Å². The van der Waals surface area contributed by atoms with E-state index in [-0.39, 0.29) is 36.8 Å². The molecular formula is C25H32F3N3O4. The molecule has 2 heterocycles. The van der Waals surface area contributed by atoms with E-state index in [4.69, 9.17) is 16.0 Å². The molecule has 0 radical (unpaired) electrons. The van der Waals surface area contributed by atoms with E-state index in [2.05, 4.69) is 4.85 Å². The van der Waals surface area contributed by atoms with Crippen LogP contribution < -0.4 is 4.90 Å². The minimum Gasteiger partial charge on any atom is -0.469 e. The van der Waals surface area contributed by atoms with Crippen molar-refractivity contribution in [2.75, 3.05) is 44.7 Å². The SMILES string of the molecule is [C-]#[N+]C[C@H]1CN(C(=O)OC(C)(C)C)C[C@@H]1c1ccc(C(F)(F)F)cc1N1CCC(C(=O)OC)CC1. The summed E-state index contributed by atoms with van der Waals surface area (Å²) in [6, 6.07) is 3.69. The van der Waals surface area contributed by atoms with Crippen molar-refractivity contribution in [3.8, 4) is 0 Å². The van der Waals surface area contributed by atoms with Gasteiger partial charge in [0.25, 0.3) is 0 Å². The van der Waals surface area contributed by atoms with Crippen molar-refractivity contribution in [1.82, 2.24) is 4.90 Å². The number of hydrogen-bond donors (Lipinski definition) is 0. The van der Waals surface area contributed by atoms with Gasteiger partial charge in [-0.1, -0.05) is 6.07 Å². The number of ether oxygens (including phenoxy) is 2. The third-order valence-electron chi connectivity index (χ3n) is 6.55. The molecule has 1 aromatic rings. The van der Waals surface area contributed by atoms with Crippen LogP contribution in [0.3, 0.4) is 0 Å². The normalized spacial score (nSPS) is 21.5. The molecule has 0 unspecified atom stereocenters. The molecule has 0 bridgehead atoms. The van der Waals surface area contributed by atoms with Crippen LogP contribution in [0.1, 0.15) is 50.7 Å². The molecule has 10 heteroatoms. The van der Waals surface area contributed by atoms with Crippen LogP contribution >= 0.6 is 0 Å². The Morgan fingerprint density at radius 2 is 1.80 bits per heavy atom. The van der Waals surface area contributed by atoms with E-state index < -0.39 is 23.4 Å². The zero-order valence-electron chi connectivity index (χ0n) is 20.5. The van der Waals surface area contributed by atoms with E-state index in [1.807, 2.05) is 4.90 Å². The molecule has 0 spiro atoms. The zero-order chi connectivity index (χ0) is 26.0. The Hall–Kier alpha value is -2.96. The summed E-state index contributed by atoms with van der Waals surface area (Å²) in [6.45, 7) is 14.2. The molecule has 7 nitrogen and oxygen atoms in total. The first-order chi connectivity index (χ1) is 16.3. The van der Waals surface area contributed by atoms with Gasteiger partial charge in [0, 0.05) is 37.8 Å². The first-order valence-electron chi connectivity index (χ1n) is 11.7. The standard InChI is InChI=1S/C25H32F3N3O4/c1-24(2,3)35-23(33)31-14-17(13-29-4)20(15-31)19-7-6-18(25(26,27)28)12-21(19)30-10-8-16(9-11-30)22(32)34-5/h6-7,12,16-17,20H,8-11,13-15H2,1-3,5H3/t17-,20-/m0/s1. The lowest BCUT2D eigenvalue weighted by Crippen LogP contribution is -2.38. The Balaban J connectivity index is 1.94. The number of methoxy groups -OCH3 is 1. The highest BCUT2D eigenvalue weighted by Crippen LogP contribution is 2.42. The lowest BCUT2D eigenvalue weighted by atomic mass is 9.86. The molecule has 192 valence electrons. The number of piperidine rings is 1. The van der Waals surface area contributed by atoms with Crippen molar-refractivity contribution in [1.29, 1.82) is 0 Å². The number of amides is 1. The summed E-state index contributed by atoms with van der Waals surface area (Å²) >= 11 is 0. The fourth-order valence-corrected chi connectivity index (χ4v) is 4.83. The molecule has 0 aliphatic carbocycles. The van der Waals surface area contributed by atoms with Crippen LogP contribution in [0, 0.1) is 18.4 Å². The second kappa shape index (κ2) is 10.3. The summed E-state index contributed by atoms with van der Waals surface area (Å²) in [5.74, 6) is -1.14. The third kappa shape index (κ3) is 6.38. The van der Waals surface area contributed by atoms with Gasteiger partial charge in [0.05, 0.1) is 24.5 Å². The molecule has 0 saturated carbocycles. The molecule has 2 fully saturated rings. The summed E-state index contributed by atoms with van der Waals surface area (Å²) < 4.78 is 51.1. The molecule has 2 atom stereocenters. The van der Waals surface area contributed by atoms with E-state index >= 15 is 0 Å². The number of carbonyl (C=O) groups excluding carboxylic acids is 2. The van der Waals surface area contributed by atoms with Crippen LogP contribution in [0.15, 0.2) is 18.2 Å². The van der Waals surface area contributed by atoms with E-state index in [1.54, 1.807) is 20.8 Å². The first kappa shape index (κ1) is 26.6. The molecule has 2 aliphatic rings. The number of hydrogen-bond acceptors (Lipinski definition) is 5. The molecule has 35 heavy (non-hydrogen) atoms. The van der Waals surface area contributed by atoms with E-state index in [0.29, 0.717) is 43.7 Å². The number of halogens is 3. The van der Waals surface area contributed by atoms with Gasteiger partial charge < -0.3 is 24.1 Å². The van der Waals surface area contributed by atoms with Crippen molar-refractivity contribution in [2.24, 2.45) is 11.8 Å². The van der Waals surface area contributed by atoms with Crippen molar-refractivity contribution in [2.45, 2.75) is 51.3 Å². The minimum atomic E-state index is -4.51. The fourth-order valence-electron chi connectivity index (χ4n) is 4.83. The molecular weight excluding hydrogens is 463 g/mol. The van der Waals surface area contributed by atoms with Crippen molar-refractivity contribution >= 4 is 17.7 Å². The summed E-state index contributed by atoms with van der Waals surface area (Å²) in [7, 11) is 1.33. The minimum absolute atomic E-state index is 0.148. The van der Waals surface area contributed by atoms with Gasteiger partial charge in [-0.2, -0.15) is 13.2 Å². The maximum absolute atomic E-state index is 13.6. The summed E-state index contributed by atoms with van der Waals surface area (Å²) in [4.78, 5) is 31.6. The number of alkyl halides is 3. The second-order valence-corrected chi connectivity index (χ2v) is 10.1. The number of esters is 1. The largest absolute Gasteiger partial charge is 0.469 e. The molecule has 1 amide bonds. The van der Waals surface area contributed by atoms with Crippen LogP contribution in [0.4, 0.5) is 23.7 Å². The summed E-state index contributed by atoms with van der Waals surface area (Å²) in [5.41, 5.74) is -0.327. The van der Waals surface area contributed by atoms with Crippen LogP contribution in [0.5, 0.6) is 0 Å². The topological polar surface area (TPSA) is 63.4 Å². The molecule has 0 N–H and O–H groups in total. The summed E-state index contributed by atoms with van der Waals surface area (Å²) in [5, 5.41) is 0. The number of nitrogens with zero attached hydrogens (tertiary/aromatic N) is 3. The van der Waals surface area contributed by atoms with Gasteiger partial charge in [-0.25, -0.2) is 11.4 Å². The Labute approximate surface area is 204 Å². The lowest BCUT2D eigenvalue weighted by molar-refractivity contribution is -0.146. The highest BCUT2D eigenvalue weighted by Gasteiger charge is 2.42. The lowest BCUT2D eigenvalue weighted by Gasteiger charge is -2.35. The highest BCUT2D eigenvalue weighted by molar-refractivity contribution is 5.73. The quantitative estimate of drug-likeness (QED) is 0.436. The second-order valence-electron chi connectivity index (χ2n) is 10.1.